The predicted molar refractivity (Wildman–Crippen MR) is 105 cm³/mol. The molecule has 0 radical (unpaired) electrons. The molecule has 2 aromatic carbocycles. The van der Waals surface area contributed by atoms with Crippen molar-refractivity contribution in [3.8, 4) is 0 Å². The van der Waals surface area contributed by atoms with Crippen molar-refractivity contribution in [2.75, 3.05) is 10.6 Å². The summed E-state index contributed by atoms with van der Waals surface area (Å²) in [4.78, 5) is 21.0. The first kappa shape index (κ1) is 17.9. The van der Waals surface area contributed by atoms with Gasteiger partial charge in [0.05, 0.1) is 0 Å². The number of aromatic nitrogens is 2. The van der Waals surface area contributed by atoms with Crippen LogP contribution in [-0.2, 0) is 6.54 Å². The van der Waals surface area contributed by atoms with Crippen LogP contribution in [0.4, 0.5) is 11.6 Å². The van der Waals surface area contributed by atoms with Crippen LogP contribution < -0.4 is 10.6 Å². The molecule has 0 fully saturated rings. The van der Waals surface area contributed by atoms with Crippen LogP contribution in [0.3, 0.4) is 0 Å². The summed E-state index contributed by atoms with van der Waals surface area (Å²) < 4.78 is 0. The highest BCUT2D eigenvalue weighted by molar-refractivity contribution is 6.30. The van der Waals surface area contributed by atoms with Gasteiger partial charge in [0.15, 0.2) is 0 Å². The van der Waals surface area contributed by atoms with E-state index in [0.717, 1.165) is 22.4 Å². The number of amides is 1. The highest BCUT2D eigenvalue weighted by Crippen LogP contribution is 2.17. The van der Waals surface area contributed by atoms with Gasteiger partial charge in [-0.3, -0.25) is 4.79 Å². The number of nitrogens with zero attached hydrogens (tertiary/aromatic N) is 2. The first-order chi connectivity index (χ1) is 12.5. The predicted octanol–water partition coefficient (Wildman–Crippen LogP) is 4.61. The van der Waals surface area contributed by atoms with Gasteiger partial charge in [0.2, 0.25) is 5.95 Å². The van der Waals surface area contributed by atoms with Crippen LogP contribution in [-0.4, -0.2) is 15.9 Å². The van der Waals surface area contributed by atoms with Crippen LogP contribution >= 0.6 is 11.6 Å². The number of carbonyl (C=O) groups is 1. The van der Waals surface area contributed by atoms with E-state index in [-0.39, 0.29) is 5.91 Å². The van der Waals surface area contributed by atoms with Crippen LogP contribution in [0.1, 0.15) is 27.2 Å². The standard InChI is InChI=1S/C20H19ClN4O/c1-13-3-4-14(2)18(11-13)24-19(26)17-9-10-22-20(25-17)23-12-15-5-7-16(21)8-6-15/h3-11H,12H2,1-2H3,(H,24,26)(H,22,23,25). The van der Waals surface area contributed by atoms with Gasteiger partial charge in [-0.25, -0.2) is 9.97 Å². The number of carbonyl (C=O) groups excluding carboxylic acids is 1. The monoisotopic (exact) mass is 366 g/mol. The second-order valence-corrected chi connectivity index (χ2v) is 6.45. The molecule has 0 aliphatic carbocycles. The topological polar surface area (TPSA) is 66.9 Å². The van der Waals surface area contributed by atoms with Crippen molar-refractivity contribution in [2.45, 2.75) is 20.4 Å². The summed E-state index contributed by atoms with van der Waals surface area (Å²) in [5.41, 5.74) is 4.21. The minimum atomic E-state index is -0.268. The fraction of sp³-hybridized carbons (Fsp3) is 0.150. The molecule has 3 aromatic rings. The van der Waals surface area contributed by atoms with Crippen molar-refractivity contribution in [1.82, 2.24) is 9.97 Å². The molecule has 6 heteroatoms. The zero-order valence-corrected chi connectivity index (χ0v) is 15.3. The molecule has 0 atom stereocenters. The molecule has 0 aliphatic rings. The Morgan fingerprint density at radius 3 is 2.62 bits per heavy atom. The summed E-state index contributed by atoms with van der Waals surface area (Å²) in [6.07, 6.45) is 1.56. The molecule has 0 saturated carbocycles. The number of nitrogens with one attached hydrogen (secondary N) is 2. The zero-order chi connectivity index (χ0) is 18.5. The molecule has 0 spiro atoms. The number of aryl methyl sites for hydroxylation is 2. The van der Waals surface area contributed by atoms with Gasteiger partial charge < -0.3 is 10.6 Å². The molecule has 0 unspecified atom stereocenters. The first-order valence-electron chi connectivity index (χ1n) is 8.21. The molecular formula is C20H19ClN4O. The molecule has 1 aromatic heterocycles. The molecule has 0 bridgehead atoms. The quantitative estimate of drug-likeness (QED) is 0.691. The third kappa shape index (κ3) is 4.58. The summed E-state index contributed by atoms with van der Waals surface area (Å²) in [5.74, 6) is 0.129. The number of hydrogen-bond acceptors (Lipinski definition) is 4. The Hall–Kier alpha value is -2.92. The molecule has 3 rings (SSSR count). The van der Waals surface area contributed by atoms with Gasteiger partial charge in [0, 0.05) is 23.5 Å². The molecule has 1 heterocycles. The second-order valence-electron chi connectivity index (χ2n) is 6.02. The molecule has 0 saturated heterocycles. The Labute approximate surface area is 157 Å². The van der Waals surface area contributed by atoms with Crippen LogP contribution in [0.15, 0.2) is 54.7 Å². The van der Waals surface area contributed by atoms with Crippen molar-refractivity contribution >= 4 is 29.1 Å². The summed E-state index contributed by atoms with van der Waals surface area (Å²) in [7, 11) is 0. The van der Waals surface area contributed by atoms with Gasteiger partial charge in [-0.05, 0) is 54.8 Å². The Bertz CT molecular complexity index is 925. The SMILES string of the molecule is Cc1ccc(C)c(NC(=O)c2ccnc(NCc3ccc(Cl)cc3)n2)c1. The van der Waals surface area contributed by atoms with E-state index in [1.807, 2.05) is 56.3 Å². The lowest BCUT2D eigenvalue weighted by atomic mass is 10.1. The highest BCUT2D eigenvalue weighted by atomic mass is 35.5. The van der Waals surface area contributed by atoms with E-state index in [1.165, 1.54) is 0 Å². The fourth-order valence-electron chi connectivity index (χ4n) is 2.41. The third-order valence-electron chi connectivity index (χ3n) is 3.89. The van der Waals surface area contributed by atoms with Crippen LogP contribution in [0.5, 0.6) is 0 Å². The van der Waals surface area contributed by atoms with Crippen molar-refractivity contribution < 1.29 is 4.79 Å². The Morgan fingerprint density at radius 2 is 1.85 bits per heavy atom. The average Bonchev–Trinajstić information content (AvgIpc) is 2.64. The Kier molecular flexibility index (Phi) is 5.49. The van der Waals surface area contributed by atoms with Crippen molar-refractivity contribution in [2.24, 2.45) is 0 Å². The molecule has 2 N–H and O–H groups in total. The lowest BCUT2D eigenvalue weighted by Gasteiger charge is -2.10. The van der Waals surface area contributed by atoms with Crippen LogP contribution in [0, 0.1) is 13.8 Å². The van der Waals surface area contributed by atoms with Gasteiger partial charge in [0.1, 0.15) is 5.69 Å². The smallest absolute Gasteiger partial charge is 0.274 e. The number of benzene rings is 2. The van der Waals surface area contributed by atoms with E-state index < -0.39 is 0 Å². The molecular weight excluding hydrogens is 348 g/mol. The summed E-state index contributed by atoms with van der Waals surface area (Å²) in [6.45, 7) is 4.48. The van der Waals surface area contributed by atoms with Crippen molar-refractivity contribution in [3.63, 3.8) is 0 Å². The van der Waals surface area contributed by atoms with Gasteiger partial charge in [-0.15, -0.1) is 0 Å². The maximum Gasteiger partial charge on any atom is 0.274 e. The van der Waals surface area contributed by atoms with E-state index in [2.05, 4.69) is 20.6 Å². The van der Waals surface area contributed by atoms with Gasteiger partial charge in [0.25, 0.3) is 5.91 Å². The minimum Gasteiger partial charge on any atom is -0.350 e. The largest absolute Gasteiger partial charge is 0.350 e. The van der Waals surface area contributed by atoms with Gasteiger partial charge >= 0.3 is 0 Å². The summed E-state index contributed by atoms with van der Waals surface area (Å²) in [5, 5.41) is 6.71. The zero-order valence-electron chi connectivity index (χ0n) is 14.6. The summed E-state index contributed by atoms with van der Waals surface area (Å²) in [6, 6.07) is 15.0. The lowest BCUT2D eigenvalue weighted by Crippen LogP contribution is -2.16. The van der Waals surface area contributed by atoms with Crippen molar-refractivity contribution in [3.05, 3.63) is 82.1 Å². The lowest BCUT2D eigenvalue weighted by molar-refractivity contribution is 0.102. The van der Waals surface area contributed by atoms with E-state index in [0.29, 0.717) is 23.2 Å². The fourth-order valence-corrected chi connectivity index (χ4v) is 2.54. The normalized spacial score (nSPS) is 10.4. The Morgan fingerprint density at radius 1 is 1.08 bits per heavy atom. The number of halogens is 1. The minimum absolute atomic E-state index is 0.268. The molecule has 1 amide bonds. The van der Waals surface area contributed by atoms with Crippen molar-refractivity contribution in [1.29, 1.82) is 0 Å². The number of anilines is 2. The summed E-state index contributed by atoms with van der Waals surface area (Å²) >= 11 is 5.88. The van der Waals surface area contributed by atoms with Crippen LogP contribution in [0.25, 0.3) is 0 Å². The molecule has 0 aliphatic heterocycles. The van der Waals surface area contributed by atoms with Crippen LogP contribution in [0.2, 0.25) is 5.02 Å². The highest BCUT2D eigenvalue weighted by Gasteiger charge is 2.11. The van der Waals surface area contributed by atoms with Gasteiger partial charge in [-0.2, -0.15) is 0 Å². The van der Waals surface area contributed by atoms with E-state index >= 15 is 0 Å². The van der Waals surface area contributed by atoms with E-state index in [4.69, 9.17) is 11.6 Å². The number of rotatable bonds is 5. The maximum atomic E-state index is 12.5. The maximum absolute atomic E-state index is 12.5. The third-order valence-corrected chi connectivity index (χ3v) is 4.15. The molecule has 5 nitrogen and oxygen atoms in total. The number of hydrogen-bond donors (Lipinski definition) is 2. The first-order valence-corrected chi connectivity index (χ1v) is 8.59. The van der Waals surface area contributed by atoms with E-state index in [1.54, 1.807) is 12.3 Å². The molecule has 132 valence electrons. The van der Waals surface area contributed by atoms with E-state index in [9.17, 15) is 4.79 Å². The second kappa shape index (κ2) is 7.97. The molecule has 26 heavy (non-hydrogen) atoms. The Balaban J connectivity index is 1.69. The average molecular weight is 367 g/mol. The van der Waals surface area contributed by atoms with Gasteiger partial charge in [-0.1, -0.05) is 35.9 Å².